The van der Waals surface area contributed by atoms with Crippen molar-refractivity contribution in [3.05, 3.63) is 35.9 Å². The third-order valence-corrected chi connectivity index (χ3v) is 3.67. The van der Waals surface area contributed by atoms with E-state index in [-0.39, 0.29) is 12.0 Å². The van der Waals surface area contributed by atoms with Crippen LogP contribution in [0.15, 0.2) is 30.3 Å². The Morgan fingerprint density at radius 3 is 2.83 bits per heavy atom. The summed E-state index contributed by atoms with van der Waals surface area (Å²) >= 11 is 0. The van der Waals surface area contributed by atoms with Crippen molar-refractivity contribution in [2.24, 2.45) is 0 Å². The molecule has 0 N–H and O–H groups in total. The molecule has 3 nitrogen and oxygen atoms in total. The zero-order valence-corrected chi connectivity index (χ0v) is 11.1. The van der Waals surface area contributed by atoms with Crippen molar-refractivity contribution in [3.63, 3.8) is 0 Å². The Morgan fingerprint density at radius 2 is 2.17 bits per heavy atom. The van der Waals surface area contributed by atoms with Crippen molar-refractivity contribution >= 4 is 5.97 Å². The van der Waals surface area contributed by atoms with Gasteiger partial charge in [0.05, 0.1) is 6.61 Å². The van der Waals surface area contributed by atoms with Crippen LogP contribution < -0.4 is 0 Å². The molecule has 2 rings (SSSR count). The summed E-state index contributed by atoms with van der Waals surface area (Å²) in [5, 5.41) is 0. The SMILES string of the molecule is CCOC(=O)C(C)N1CCC(c2ccccc2)C1. The monoisotopic (exact) mass is 247 g/mol. The first kappa shape index (κ1) is 13.1. The van der Waals surface area contributed by atoms with E-state index in [4.69, 9.17) is 4.74 Å². The van der Waals surface area contributed by atoms with Crippen LogP contribution in [0.3, 0.4) is 0 Å². The topological polar surface area (TPSA) is 29.5 Å². The zero-order chi connectivity index (χ0) is 13.0. The summed E-state index contributed by atoms with van der Waals surface area (Å²) in [6.45, 7) is 6.16. The summed E-state index contributed by atoms with van der Waals surface area (Å²) < 4.78 is 5.08. The van der Waals surface area contributed by atoms with Crippen LogP contribution in [0.4, 0.5) is 0 Å². The standard InChI is InChI=1S/C15H21NO2/c1-3-18-15(17)12(2)16-10-9-14(11-16)13-7-5-4-6-8-13/h4-8,12,14H,3,9-11H2,1-2H3. The third-order valence-electron chi connectivity index (χ3n) is 3.67. The van der Waals surface area contributed by atoms with Crippen LogP contribution in [0.1, 0.15) is 31.7 Å². The Kier molecular flexibility index (Phi) is 4.37. The van der Waals surface area contributed by atoms with Crippen molar-refractivity contribution in [2.45, 2.75) is 32.2 Å². The number of esters is 1. The number of hydrogen-bond acceptors (Lipinski definition) is 3. The minimum Gasteiger partial charge on any atom is -0.465 e. The van der Waals surface area contributed by atoms with Crippen LogP contribution in [0, 0.1) is 0 Å². The van der Waals surface area contributed by atoms with E-state index in [1.54, 1.807) is 0 Å². The first-order valence-corrected chi connectivity index (χ1v) is 6.68. The van der Waals surface area contributed by atoms with Gasteiger partial charge < -0.3 is 4.74 Å². The molecule has 98 valence electrons. The average Bonchev–Trinajstić information content (AvgIpc) is 2.89. The smallest absolute Gasteiger partial charge is 0.323 e. The molecule has 18 heavy (non-hydrogen) atoms. The van der Waals surface area contributed by atoms with E-state index in [1.807, 2.05) is 19.9 Å². The lowest BCUT2D eigenvalue weighted by molar-refractivity contribution is -0.148. The van der Waals surface area contributed by atoms with Crippen LogP contribution >= 0.6 is 0 Å². The van der Waals surface area contributed by atoms with Gasteiger partial charge in [-0.3, -0.25) is 9.69 Å². The fourth-order valence-electron chi connectivity index (χ4n) is 2.55. The van der Waals surface area contributed by atoms with Gasteiger partial charge in [0.2, 0.25) is 0 Å². The molecule has 3 heteroatoms. The Hall–Kier alpha value is -1.35. The molecule has 0 aromatic heterocycles. The molecule has 0 spiro atoms. The maximum Gasteiger partial charge on any atom is 0.323 e. The molecule has 0 bridgehead atoms. The van der Waals surface area contributed by atoms with Gasteiger partial charge in [0.25, 0.3) is 0 Å². The van der Waals surface area contributed by atoms with Gasteiger partial charge in [0.15, 0.2) is 0 Å². The highest BCUT2D eigenvalue weighted by Gasteiger charge is 2.30. The summed E-state index contributed by atoms with van der Waals surface area (Å²) in [4.78, 5) is 13.9. The largest absolute Gasteiger partial charge is 0.465 e. The van der Waals surface area contributed by atoms with Gasteiger partial charge in [-0.1, -0.05) is 30.3 Å². The minimum atomic E-state index is -0.126. The van der Waals surface area contributed by atoms with E-state index >= 15 is 0 Å². The Labute approximate surface area is 109 Å². The fourth-order valence-corrected chi connectivity index (χ4v) is 2.55. The molecular formula is C15H21NO2. The van der Waals surface area contributed by atoms with Crippen LogP contribution in [0.25, 0.3) is 0 Å². The van der Waals surface area contributed by atoms with Gasteiger partial charge in [0, 0.05) is 6.54 Å². The van der Waals surface area contributed by atoms with Gasteiger partial charge >= 0.3 is 5.97 Å². The number of benzene rings is 1. The van der Waals surface area contributed by atoms with Gasteiger partial charge in [0.1, 0.15) is 6.04 Å². The van der Waals surface area contributed by atoms with Crippen LogP contribution in [-0.4, -0.2) is 36.6 Å². The molecular weight excluding hydrogens is 226 g/mol. The van der Waals surface area contributed by atoms with Gasteiger partial charge in [-0.05, 0) is 38.3 Å². The number of ether oxygens (including phenoxy) is 1. The fraction of sp³-hybridized carbons (Fsp3) is 0.533. The molecule has 1 heterocycles. The molecule has 2 atom stereocenters. The predicted molar refractivity (Wildman–Crippen MR) is 71.5 cm³/mol. The number of carbonyl (C=O) groups is 1. The molecule has 0 saturated carbocycles. The van der Waals surface area contributed by atoms with E-state index in [0.29, 0.717) is 12.5 Å². The van der Waals surface area contributed by atoms with Crippen molar-refractivity contribution in [1.29, 1.82) is 0 Å². The second-order valence-corrected chi connectivity index (χ2v) is 4.82. The first-order chi connectivity index (χ1) is 8.72. The lowest BCUT2D eigenvalue weighted by Crippen LogP contribution is -2.38. The number of nitrogens with zero attached hydrogens (tertiary/aromatic N) is 1. The lowest BCUT2D eigenvalue weighted by Gasteiger charge is -2.22. The molecule has 0 radical (unpaired) electrons. The molecule has 1 aliphatic heterocycles. The maximum absolute atomic E-state index is 11.7. The van der Waals surface area contributed by atoms with Crippen molar-refractivity contribution in [2.75, 3.05) is 19.7 Å². The van der Waals surface area contributed by atoms with Crippen molar-refractivity contribution < 1.29 is 9.53 Å². The molecule has 0 amide bonds. The average molecular weight is 247 g/mol. The summed E-state index contributed by atoms with van der Waals surface area (Å²) in [6.07, 6.45) is 1.12. The number of rotatable bonds is 4. The van der Waals surface area contributed by atoms with Crippen molar-refractivity contribution in [3.8, 4) is 0 Å². The lowest BCUT2D eigenvalue weighted by atomic mass is 9.99. The molecule has 1 aliphatic rings. The highest BCUT2D eigenvalue weighted by molar-refractivity contribution is 5.75. The highest BCUT2D eigenvalue weighted by atomic mass is 16.5. The summed E-state index contributed by atoms with van der Waals surface area (Å²) in [6, 6.07) is 10.4. The quantitative estimate of drug-likeness (QED) is 0.765. The molecule has 2 unspecified atom stereocenters. The Balaban J connectivity index is 1.94. The van der Waals surface area contributed by atoms with Gasteiger partial charge in [-0.2, -0.15) is 0 Å². The maximum atomic E-state index is 11.7. The normalized spacial score (nSPS) is 21.8. The molecule has 1 aromatic rings. The summed E-state index contributed by atoms with van der Waals surface area (Å²) in [7, 11) is 0. The number of likely N-dealkylation sites (tertiary alicyclic amines) is 1. The number of hydrogen-bond donors (Lipinski definition) is 0. The van der Waals surface area contributed by atoms with E-state index in [1.165, 1.54) is 5.56 Å². The van der Waals surface area contributed by atoms with Gasteiger partial charge in [-0.15, -0.1) is 0 Å². The third kappa shape index (κ3) is 2.91. The van der Waals surface area contributed by atoms with E-state index in [2.05, 4.69) is 29.2 Å². The Bertz CT molecular complexity index is 391. The first-order valence-electron chi connectivity index (χ1n) is 6.68. The van der Waals surface area contributed by atoms with E-state index in [9.17, 15) is 4.79 Å². The highest BCUT2D eigenvalue weighted by Crippen LogP contribution is 2.28. The Morgan fingerprint density at radius 1 is 1.44 bits per heavy atom. The summed E-state index contributed by atoms with van der Waals surface area (Å²) in [5.74, 6) is 0.439. The predicted octanol–water partition coefficient (Wildman–Crippen LogP) is 2.43. The number of carbonyl (C=O) groups excluding carboxylic acids is 1. The second-order valence-electron chi connectivity index (χ2n) is 4.82. The van der Waals surface area contributed by atoms with Gasteiger partial charge in [-0.25, -0.2) is 0 Å². The van der Waals surface area contributed by atoms with Crippen LogP contribution in [0.2, 0.25) is 0 Å². The minimum absolute atomic E-state index is 0.105. The van der Waals surface area contributed by atoms with Crippen LogP contribution in [0.5, 0.6) is 0 Å². The molecule has 1 saturated heterocycles. The second kappa shape index (κ2) is 6.01. The summed E-state index contributed by atoms with van der Waals surface area (Å²) in [5.41, 5.74) is 1.37. The van der Waals surface area contributed by atoms with Crippen LogP contribution in [-0.2, 0) is 9.53 Å². The van der Waals surface area contributed by atoms with Crippen molar-refractivity contribution in [1.82, 2.24) is 4.90 Å². The molecule has 1 fully saturated rings. The van der Waals surface area contributed by atoms with E-state index < -0.39 is 0 Å². The molecule has 0 aliphatic carbocycles. The zero-order valence-electron chi connectivity index (χ0n) is 11.1. The molecule has 1 aromatic carbocycles. The van der Waals surface area contributed by atoms with E-state index in [0.717, 1.165) is 19.5 Å².